The van der Waals surface area contributed by atoms with E-state index in [0.29, 0.717) is 0 Å². The summed E-state index contributed by atoms with van der Waals surface area (Å²) in [5.41, 5.74) is -0.276. The molecule has 0 radical (unpaired) electrons. The molecule has 1 nitrogen and oxygen atoms in total. The number of rotatable bonds is 2. The molecule has 1 aliphatic carbocycles. The fourth-order valence-electron chi connectivity index (χ4n) is 2.00. The molecule has 0 unspecified atom stereocenters. The van der Waals surface area contributed by atoms with E-state index in [9.17, 15) is 5.11 Å². The van der Waals surface area contributed by atoms with Crippen LogP contribution in [0.1, 0.15) is 40.0 Å². The molecule has 0 spiro atoms. The molecule has 0 saturated heterocycles. The van der Waals surface area contributed by atoms with E-state index in [2.05, 4.69) is 19.1 Å². The fourth-order valence-corrected chi connectivity index (χ4v) is 2.00. The summed E-state index contributed by atoms with van der Waals surface area (Å²) >= 11 is 0. The molecule has 0 heterocycles. The summed E-state index contributed by atoms with van der Waals surface area (Å²) in [5.74, 6) is 0. The van der Waals surface area contributed by atoms with Gasteiger partial charge in [0, 0.05) is 0 Å². The van der Waals surface area contributed by atoms with E-state index in [1.807, 2.05) is 13.8 Å². The minimum atomic E-state index is -0.524. The highest BCUT2D eigenvalue weighted by atomic mass is 16.3. The monoisotopic (exact) mass is 154 g/mol. The molecule has 0 saturated carbocycles. The quantitative estimate of drug-likeness (QED) is 0.606. The van der Waals surface area contributed by atoms with Gasteiger partial charge < -0.3 is 5.11 Å². The minimum Gasteiger partial charge on any atom is -0.390 e. The molecule has 0 aromatic rings. The number of aliphatic hydroxyl groups is 1. The van der Waals surface area contributed by atoms with Gasteiger partial charge in [0.25, 0.3) is 0 Å². The number of allylic oxidation sites excluding steroid dienone is 2. The summed E-state index contributed by atoms with van der Waals surface area (Å²) < 4.78 is 0. The van der Waals surface area contributed by atoms with Gasteiger partial charge in [-0.1, -0.05) is 19.1 Å². The first kappa shape index (κ1) is 8.79. The third-order valence-electron chi connectivity index (χ3n) is 2.24. The maximum Gasteiger partial charge on any atom is 0.0599 e. The van der Waals surface area contributed by atoms with Gasteiger partial charge in [0.2, 0.25) is 0 Å². The van der Waals surface area contributed by atoms with Crippen LogP contribution in [0.2, 0.25) is 0 Å². The predicted octanol–water partition coefficient (Wildman–Crippen LogP) is 2.50. The van der Waals surface area contributed by atoms with Crippen molar-refractivity contribution in [2.75, 3.05) is 0 Å². The second-order valence-electron chi connectivity index (χ2n) is 4.58. The molecule has 0 aromatic carbocycles. The van der Waals surface area contributed by atoms with E-state index in [1.54, 1.807) is 0 Å². The molecule has 1 heteroatoms. The van der Waals surface area contributed by atoms with E-state index in [0.717, 1.165) is 6.42 Å². The Morgan fingerprint density at radius 2 is 2.18 bits per heavy atom. The summed E-state index contributed by atoms with van der Waals surface area (Å²) in [7, 11) is 0. The van der Waals surface area contributed by atoms with E-state index in [4.69, 9.17) is 0 Å². The van der Waals surface area contributed by atoms with Gasteiger partial charge in [0.15, 0.2) is 0 Å². The molecule has 0 fully saturated rings. The molecule has 0 aromatic heterocycles. The fraction of sp³-hybridized carbons (Fsp3) is 0.800. The molecule has 0 amide bonds. The SMILES string of the molecule is CC(C)(O)C[C@@]1(C)C=CCC1. The van der Waals surface area contributed by atoms with Crippen molar-refractivity contribution in [2.45, 2.75) is 45.6 Å². The van der Waals surface area contributed by atoms with Crippen LogP contribution in [0.15, 0.2) is 12.2 Å². The highest BCUT2D eigenvalue weighted by Crippen LogP contribution is 2.38. The van der Waals surface area contributed by atoms with Crippen molar-refractivity contribution in [3.8, 4) is 0 Å². The van der Waals surface area contributed by atoms with Gasteiger partial charge in [-0.15, -0.1) is 0 Å². The summed E-state index contributed by atoms with van der Waals surface area (Å²) in [6.07, 6.45) is 7.69. The Balaban J connectivity index is 2.54. The highest BCUT2D eigenvalue weighted by molar-refractivity contribution is 5.06. The van der Waals surface area contributed by atoms with Crippen LogP contribution >= 0.6 is 0 Å². The zero-order valence-corrected chi connectivity index (χ0v) is 7.72. The lowest BCUT2D eigenvalue weighted by molar-refractivity contribution is 0.0396. The Bertz CT molecular complexity index is 164. The zero-order valence-electron chi connectivity index (χ0n) is 7.72. The minimum absolute atomic E-state index is 0.248. The molecule has 64 valence electrons. The third kappa shape index (κ3) is 2.66. The van der Waals surface area contributed by atoms with E-state index >= 15 is 0 Å². The van der Waals surface area contributed by atoms with Crippen molar-refractivity contribution in [3.63, 3.8) is 0 Å². The maximum atomic E-state index is 9.61. The van der Waals surface area contributed by atoms with Crippen molar-refractivity contribution in [3.05, 3.63) is 12.2 Å². The molecule has 0 aliphatic heterocycles. The van der Waals surface area contributed by atoms with Gasteiger partial charge in [-0.05, 0) is 38.5 Å². The van der Waals surface area contributed by atoms with Gasteiger partial charge in [-0.25, -0.2) is 0 Å². The second-order valence-corrected chi connectivity index (χ2v) is 4.58. The molecule has 1 N–H and O–H groups in total. The lowest BCUT2D eigenvalue weighted by Gasteiger charge is -2.29. The molecule has 0 bridgehead atoms. The lowest BCUT2D eigenvalue weighted by atomic mass is 9.80. The Morgan fingerprint density at radius 3 is 2.55 bits per heavy atom. The average molecular weight is 154 g/mol. The zero-order chi connectivity index (χ0) is 8.54. The van der Waals surface area contributed by atoms with Crippen LogP contribution in [0.25, 0.3) is 0 Å². The van der Waals surface area contributed by atoms with Crippen LogP contribution in [0.3, 0.4) is 0 Å². The van der Waals surface area contributed by atoms with Crippen molar-refractivity contribution in [2.24, 2.45) is 5.41 Å². The van der Waals surface area contributed by atoms with Crippen molar-refractivity contribution in [1.82, 2.24) is 0 Å². The summed E-state index contributed by atoms with van der Waals surface area (Å²) in [6.45, 7) is 5.98. The van der Waals surface area contributed by atoms with Crippen LogP contribution in [-0.4, -0.2) is 10.7 Å². The lowest BCUT2D eigenvalue weighted by Crippen LogP contribution is -2.27. The number of hydrogen-bond acceptors (Lipinski definition) is 1. The topological polar surface area (TPSA) is 20.2 Å². The molecule has 1 aliphatic rings. The Morgan fingerprint density at radius 1 is 1.55 bits per heavy atom. The van der Waals surface area contributed by atoms with Gasteiger partial charge in [-0.3, -0.25) is 0 Å². The average Bonchev–Trinajstić information content (AvgIpc) is 2.09. The van der Waals surface area contributed by atoms with Gasteiger partial charge in [-0.2, -0.15) is 0 Å². The molecular formula is C10H18O. The van der Waals surface area contributed by atoms with E-state index in [1.165, 1.54) is 12.8 Å². The largest absolute Gasteiger partial charge is 0.390 e. The molecule has 1 atom stereocenters. The first-order chi connectivity index (χ1) is 4.91. The third-order valence-corrected chi connectivity index (χ3v) is 2.24. The Labute approximate surface area is 69.1 Å². The van der Waals surface area contributed by atoms with Crippen LogP contribution < -0.4 is 0 Å². The Kier molecular flexibility index (Phi) is 2.10. The van der Waals surface area contributed by atoms with Crippen LogP contribution in [0.5, 0.6) is 0 Å². The summed E-state index contributed by atoms with van der Waals surface area (Å²) in [6, 6.07) is 0. The van der Waals surface area contributed by atoms with Gasteiger partial charge in [0.05, 0.1) is 5.60 Å². The second kappa shape index (κ2) is 2.63. The van der Waals surface area contributed by atoms with E-state index < -0.39 is 5.60 Å². The van der Waals surface area contributed by atoms with Crippen LogP contribution in [0, 0.1) is 5.41 Å². The van der Waals surface area contributed by atoms with Crippen LogP contribution in [0.4, 0.5) is 0 Å². The first-order valence-electron chi connectivity index (χ1n) is 4.31. The summed E-state index contributed by atoms with van der Waals surface area (Å²) in [5, 5.41) is 9.61. The Hall–Kier alpha value is -0.300. The van der Waals surface area contributed by atoms with Crippen molar-refractivity contribution >= 4 is 0 Å². The van der Waals surface area contributed by atoms with E-state index in [-0.39, 0.29) is 5.41 Å². The predicted molar refractivity (Wildman–Crippen MR) is 47.4 cm³/mol. The van der Waals surface area contributed by atoms with Crippen molar-refractivity contribution in [1.29, 1.82) is 0 Å². The van der Waals surface area contributed by atoms with Crippen LogP contribution in [-0.2, 0) is 0 Å². The van der Waals surface area contributed by atoms with Gasteiger partial charge in [0.1, 0.15) is 0 Å². The highest BCUT2D eigenvalue weighted by Gasteiger charge is 2.30. The normalized spacial score (nSPS) is 31.3. The molecular weight excluding hydrogens is 136 g/mol. The smallest absolute Gasteiger partial charge is 0.0599 e. The molecule has 11 heavy (non-hydrogen) atoms. The molecule has 1 rings (SSSR count). The number of hydrogen-bond donors (Lipinski definition) is 1. The first-order valence-corrected chi connectivity index (χ1v) is 4.31. The van der Waals surface area contributed by atoms with Crippen molar-refractivity contribution < 1.29 is 5.11 Å². The standard InChI is InChI=1S/C10H18O/c1-9(2,11)8-10(3)6-4-5-7-10/h4,6,11H,5,7-8H2,1-3H3/t10-/m0/s1. The van der Waals surface area contributed by atoms with Gasteiger partial charge >= 0.3 is 0 Å². The maximum absolute atomic E-state index is 9.61. The summed E-state index contributed by atoms with van der Waals surface area (Å²) in [4.78, 5) is 0.